The Kier molecular flexibility index (Phi) is 6.21. The molecule has 1 amide bonds. The number of nitrogens with zero attached hydrogens (tertiary/aromatic N) is 2. The van der Waals surface area contributed by atoms with Crippen molar-refractivity contribution < 1.29 is 19.2 Å². The number of hydrogen-bond acceptors (Lipinski definition) is 6. The minimum absolute atomic E-state index is 0.0532. The number of carbonyl (C=O) groups excluding carboxylic acids is 1. The molecule has 0 aliphatic carbocycles. The highest BCUT2D eigenvalue weighted by atomic mass is 16.6. The summed E-state index contributed by atoms with van der Waals surface area (Å²) in [7, 11) is 3.12. The second-order valence-electron chi connectivity index (χ2n) is 7.02. The maximum absolute atomic E-state index is 12.8. The first-order valence-electron chi connectivity index (χ1n) is 9.46. The first-order chi connectivity index (χ1) is 13.9. The first-order valence-corrected chi connectivity index (χ1v) is 9.46. The molecule has 1 aliphatic rings. The number of methoxy groups -OCH3 is 2. The summed E-state index contributed by atoms with van der Waals surface area (Å²) in [6, 6.07) is 10.3. The van der Waals surface area contributed by atoms with E-state index in [-0.39, 0.29) is 22.4 Å². The van der Waals surface area contributed by atoms with Crippen molar-refractivity contribution in [2.75, 3.05) is 37.5 Å². The van der Waals surface area contributed by atoms with E-state index in [4.69, 9.17) is 9.47 Å². The molecule has 8 nitrogen and oxygen atoms in total. The van der Waals surface area contributed by atoms with Crippen LogP contribution in [-0.2, 0) is 4.79 Å². The monoisotopic (exact) mass is 399 g/mol. The third-order valence-corrected chi connectivity index (χ3v) is 5.27. The number of ether oxygens (including phenoxy) is 2. The third kappa shape index (κ3) is 4.42. The lowest BCUT2D eigenvalue weighted by atomic mass is 9.95. The average Bonchev–Trinajstić information content (AvgIpc) is 2.74. The molecule has 0 unspecified atom stereocenters. The molecular weight excluding hydrogens is 374 g/mol. The van der Waals surface area contributed by atoms with Gasteiger partial charge in [-0.05, 0) is 37.5 Å². The fraction of sp³-hybridized carbons (Fsp3) is 0.381. The Morgan fingerprint density at radius 2 is 1.76 bits per heavy atom. The number of aryl methyl sites for hydroxylation is 1. The van der Waals surface area contributed by atoms with Gasteiger partial charge >= 0.3 is 0 Å². The Morgan fingerprint density at radius 1 is 1.14 bits per heavy atom. The summed E-state index contributed by atoms with van der Waals surface area (Å²) in [5, 5.41) is 14.3. The highest BCUT2D eigenvalue weighted by Gasteiger charge is 2.28. The Hall–Kier alpha value is -3.29. The molecule has 1 saturated heterocycles. The van der Waals surface area contributed by atoms with Crippen LogP contribution in [0.2, 0.25) is 0 Å². The van der Waals surface area contributed by atoms with Crippen LogP contribution >= 0.6 is 0 Å². The maximum atomic E-state index is 12.8. The van der Waals surface area contributed by atoms with E-state index in [0.717, 1.165) is 5.56 Å². The van der Waals surface area contributed by atoms with Gasteiger partial charge in [0, 0.05) is 36.8 Å². The second-order valence-corrected chi connectivity index (χ2v) is 7.02. The maximum Gasteiger partial charge on any atom is 0.292 e. The molecule has 8 heteroatoms. The first kappa shape index (κ1) is 20.4. The Bertz CT molecular complexity index is 907. The molecule has 0 aromatic heterocycles. The average molecular weight is 399 g/mol. The predicted octanol–water partition coefficient (Wildman–Crippen LogP) is 3.78. The number of nitro benzene ring substituents is 1. The van der Waals surface area contributed by atoms with Crippen molar-refractivity contribution in [1.82, 2.24) is 0 Å². The predicted molar refractivity (Wildman–Crippen MR) is 111 cm³/mol. The fourth-order valence-electron chi connectivity index (χ4n) is 3.62. The summed E-state index contributed by atoms with van der Waals surface area (Å²) >= 11 is 0. The summed E-state index contributed by atoms with van der Waals surface area (Å²) in [5.74, 6) is 0.962. The van der Waals surface area contributed by atoms with Crippen molar-refractivity contribution in [3.05, 3.63) is 52.1 Å². The Balaban J connectivity index is 1.66. The van der Waals surface area contributed by atoms with Gasteiger partial charge in [0.1, 0.15) is 5.69 Å². The minimum atomic E-state index is -0.367. The quantitative estimate of drug-likeness (QED) is 0.587. The van der Waals surface area contributed by atoms with Crippen LogP contribution in [0, 0.1) is 23.0 Å². The molecule has 0 spiro atoms. The SMILES string of the molecule is COc1cc(C)c(NC(=O)C2CCN(c3ccccc3[N+](=O)[O-])CC2)cc1OC. The summed E-state index contributed by atoms with van der Waals surface area (Å²) < 4.78 is 10.6. The van der Waals surface area contributed by atoms with E-state index >= 15 is 0 Å². The Morgan fingerprint density at radius 3 is 2.38 bits per heavy atom. The normalized spacial score (nSPS) is 14.4. The molecular formula is C21H25N3O5. The molecule has 1 N–H and O–H groups in total. The van der Waals surface area contributed by atoms with Crippen molar-refractivity contribution in [2.45, 2.75) is 19.8 Å². The van der Waals surface area contributed by atoms with Crippen molar-refractivity contribution in [2.24, 2.45) is 5.92 Å². The molecule has 154 valence electrons. The van der Waals surface area contributed by atoms with Gasteiger partial charge in [-0.25, -0.2) is 0 Å². The number of carbonyl (C=O) groups is 1. The van der Waals surface area contributed by atoms with E-state index in [2.05, 4.69) is 5.32 Å². The topological polar surface area (TPSA) is 93.9 Å². The van der Waals surface area contributed by atoms with Crippen molar-refractivity contribution in [3.63, 3.8) is 0 Å². The van der Waals surface area contributed by atoms with Crippen molar-refractivity contribution >= 4 is 23.0 Å². The van der Waals surface area contributed by atoms with Crippen LogP contribution in [0.4, 0.5) is 17.1 Å². The molecule has 1 aliphatic heterocycles. The van der Waals surface area contributed by atoms with Crippen LogP contribution < -0.4 is 19.7 Å². The Labute approximate surface area is 169 Å². The lowest BCUT2D eigenvalue weighted by Gasteiger charge is -2.32. The third-order valence-electron chi connectivity index (χ3n) is 5.27. The van der Waals surface area contributed by atoms with E-state index in [1.165, 1.54) is 6.07 Å². The van der Waals surface area contributed by atoms with Crippen LogP contribution in [0.1, 0.15) is 18.4 Å². The van der Waals surface area contributed by atoms with E-state index in [0.29, 0.717) is 48.8 Å². The van der Waals surface area contributed by atoms with Gasteiger partial charge in [0.05, 0.1) is 19.1 Å². The van der Waals surface area contributed by atoms with Gasteiger partial charge in [0.2, 0.25) is 5.91 Å². The summed E-state index contributed by atoms with van der Waals surface area (Å²) in [6.07, 6.45) is 1.26. The van der Waals surface area contributed by atoms with Gasteiger partial charge in [-0.1, -0.05) is 12.1 Å². The van der Waals surface area contributed by atoms with Gasteiger partial charge in [0.15, 0.2) is 11.5 Å². The molecule has 1 heterocycles. The lowest BCUT2D eigenvalue weighted by molar-refractivity contribution is -0.384. The fourth-order valence-corrected chi connectivity index (χ4v) is 3.62. The lowest BCUT2D eigenvalue weighted by Crippen LogP contribution is -2.38. The van der Waals surface area contributed by atoms with E-state index in [1.54, 1.807) is 38.5 Å². The molecule has 29 heavy (non-hydrogen) atoms. The second kappa shape index (κ2) is 8.81. The van der Waals surface area contributed by atoms with E-state index < -0.39 is 0 Å². The number of nitro groups is 1. The molecule has 0 saturated carbocycles. The summed E-state index contributed by atoms with van der Waals surface area (Å²) in [6.45, 7) is 3.08. The molecule has 3 rings (SSSR count). The molecule has 0 bridgehead atoms. The highest BCUT2D eigenvalue weighted by Crippen LogP contribution is 2.34. The summed E-state index contributed by atoms with van der Waals surface area (Å²) in [4.78, 5) is 25.7. The van der Waals surface area contributed by atoms with E-state index in [1.807, 2.05) is 17.9 Å². The zero-order chi connectivity index (χ0) is 21.0. The van der Waals surface area contributed by atoms with Crippen LogP contribution in [0.15, 0.2) is 36.4 Å². The highest BCUT2D eigenvalue weighted by molar-refractivity contribution is 5.94. The van der Waals surface area contributed by atoms with Crippen molar-refractivity contribution in [1.29, 1.82) is 0 Å². The number of anilines is 2. The van der Waals surface area contributed by atoms with E-state index in [9.17, 15) is 14.9 Å². The molecule has 2 aromatic carbocycles. The minimum Gasteiger partial charge on any atom is -0.493 e. The van der Waals surface area contributed by atoms with Gasteiger partial charge in [-0.15, -0.1) is 0 Å². The number of benzene rings is 2. The van der Waals surface area contributed by atoms with Gasteiger partial charge in [0.25, 0.3) is 5.69 Å². The molecule has 0 atom stereocenters. The largest absolute Gasteiger partial charge is 0.493 e. The van der Waals surface area contributed by atoms with Gasteiger partial charge in [-0.3, -0.25) is 14.9 Å². The van der Waals surface area contributed by atoms with Gasteiger partial charge in [-0.2, -0.15) is 0 Å². The summed E-state index contributed by atoms with van der Waals surface area (Å²) in [5.41, 5.74) is 2.27. The molecule has 0 radical (unpaired) electrons. The number of para-hydroxylation sites is 2. The number of hydrogen-bond donors (Lipinski definition) is 1. The van der Waals surface area contributed by atoms with Crippen LogP contribution in [-0.4, -0.2) is 38.1 Å². The van der Waals surface area contributed by atoms with Crippen LogP contribution in [0.25, 0.3) is 0 Å². The number of rotatable bonds is 6. The zero-order valence-corrected chi connectivity index (χ0v) is 16.8. The standard InChI is InChI=1S/C21H25N3O5/c1-14-12-19(28-2)20(29-3)13-16(14)22-21(25)15-8-10-23(11-9-15)17-6-4-5-7-18(17)24(26)27/h4-7,12-13,15H,8-11H2,1-3H3,(H,22,25). The number of piperidine rings is 1. The van der Waals surface area contributed by atoms with Crippen LogP contribution in [0.3, 0.4) is 0 Å². The molecule has 2 aromatic rings. The smallest absolute Gasteiger partial charge is 0.292 e. The zero-order valence-electron chi connectivity index (χ0n) is 16.8. The number of nitrogens with one attached hydrogen (secondary N) is 1. The van der Waals surface area contributed by atoms with Crippen molar-refractivity contribution in [3.8, 4) is 11.5 Å². The number of amides is 1. The molecule has 1 fully saturated rings. The van der Waals surface area contributed by atoms with Gasteiger partial charge < -0.3 is 19.7 Å². The van der Waals surface area contributed by atoms with Crippen LogP contribution in [0.5, 0.6) is 11.5 Å².